The molecule has 0 saturated carbocycles. The van der Waals surface area contributed by atoms with Gasteiger partial charge >= 0.3 is 0 Å². The summed E-state index contributed by atoms with van der Waals surface area (Å²) < 4.78 is 27.0. The average Bonchev–Trinajstić information content (AvgIpc) is 2.36. The first-order valence-electron chi connectivity index (χ1n) is 5.54. The zero-order valence-corrected chi connectivity index (χ0v) is 12.0. The van der Waals surface area contributed by atoms with Gasteiger partial charge in [0.2, 0.25) is 0 Å². The van der Waals surface area contributed by atoms with Crippen molar-refractivity contribution in [3.05, 3.63) is 68.7 Å². The average molecular weight is 348 g/mol. The van der Waals surface area contributed by atoms with Crippen LogP contribution in [0.3, 0.4) is 0 Å². The molecule has 0 aromatic heterocycles. The van der Waals surface area contributed by atoms with Gasteiger partial charge in [0, 0.05) is 17.0 Å². The summed E-state index contributed by atoms with van der Waals surface area (Å²) in [5.41, 5.74) is 0.827. The van der Waals surface area contributed by atoms with Crippen molar-refractivity contribution >= 4 is 27.5 Å². The van der Waals surface area contributed by atoms with E-state index in [1.54, 1.807) is 12.1 Å². The summed E-state index contributed by atoms with van der Waals surface area (Å²) in [5.74, 6) is -0.898. The fourth-order valence-electron chi connectivity index (χ4n) is 1.77. The lowest BCUT2D eigenvalue weighted by Crippen LogP contribution is -2.04. The molecule has 0 heterocycles. The van der Waals surface area contributed by atoms with Crippen molar-refractivity contribution < 1.29 is 13.9 Å². The molecule has 2 aromatic rings. The van der Waals surface area contributed by atoms with Gasteiger partial charge in [0.1, 0.15) is 11.6 Å². The highest BCUT2D eigenvalue weighted by atomic mass is 79.9. The Labute approximate surface area is 123 Å². The Morgan fingerprint density at radius 3 is 2.47 bits per heavy atom. The van der Waals surface area contributed by atoms with Gasteiger partial charge in [0.15, 0.2) is 0 Å². The Hall–Kier alpha value is -0.970. The van der Waals surface area contributed by atoms with Gasteiger partial charge in [-0.2, -0.15) is 0 Å². The molecule has 5 heteroatoms. The van der Waals surface area contributed by atoms with Crippen LogP contribution in [0.1, 0.15) is 17.2 Å². The highest BCUT2D eigenvalue weighted by Gasteiger charge is 2.14. The number of halogens is 4. The van der Waals surface area contributed by atoms with Gasteiger partial charge in [-0.05, 0) is 51.8 Å². The fraction of sp³-hybridized carbons (Fsp3) is 0.143. The molecule has 0 aliphatic rings. The summed E-state index contributed by atoms with van der Waals surface area (Å²) in [6.07, 6.45) is -0.855. The van der Waals surface area contributed by atoms with Gasteiger partial charge in [-0.1, -0.05) is 17.7 Å². The maximum absolute atomic E-state index is 13.6. The topological polar surface area (TPSA) is 20.2 Å². The summed E-state index contributed by atoms with van der Waals surface area (Å²) in [7, 11) is 0. The SMILES string of the molecule is OC(Cc1ccc(F)c(Br)c1)c1cc(Cl)ccc1F. The van der Waals surface area contributed by atoms with Crippen LogP contribution in [0.15, 0.2) is 40.9 Å². The summed E-state index contributed by atoms with van der Waals surface area (Å²) in [6, 6.07) is 8.41. The van der Waals surface area contributed by atoms with Crippen molar-refractivity contribution in [1.82, 2.24) is 0 Å². The second-order valence-corrected chi connectivity index (χ2v) is 5.42. The number of aliphatic hydroxyl groups is 1. The Kier molecular flexibility index (Phi) is 4.55. The van der Waals surface area contributed by atoms with E-state index < -0.39 is 11.9 Å². The molecular formula is C14H10BrClF2O. The zero-order valence-electron chi connectivity index (χ0n) is 9.71. The predicted molar refractivity (Wildman–Crippen MR) is 74.2 cm³/mol. The van der Waals surface area contributed by atoms with Gasteiger partial charge in [0.05, 0.1) is 10.6 Å². The molecule has 0 spiro atoms. The van der Waals surface area contributed by atoms with Crippen molar-refractivity contribution in [3.8, 4) is 0 Å². The summed E-state index contributed by atoms with van der Waals surface area (Å²) in [6.45, 7) is 0. The van der Waals surface area contributed by atoms with Crippen molar-refractivity contribution in [2.75, 3.05) is 0 Å². The third-order valence-corrected chi connectivity index (χ3v) is 3.57. The second-order valence-electron chi connectivity index (χ2n) is 4.13. The van der Waals surface area contributed by atoms with Gasteiger partial charge in [-0.3, -0.25) is 0 Å². The number of aliphatic hydroxyl groups excluding tert-OH is 1. The summed E-state index contributed by atoms with van der Waals surface area (Å²) in [4.78, 5) is 0. The van der Waals surface area contributed by atoms with E-state index in [9.17, 15) is 13.9 Å². The first-order valence-corrected chi connectivity index (χ1v) is 6.71. The van der Waals surface area contributed by atoms with E-state index in [2.05, 4.69) is 15.9 Å². The van der Waals surface area contributed by atoms with Crippen molar-refractivity contribution in [2.45, 2.75) is 12.5 Å². The van der Waals surface area contributed by atoms with Gasteiger partial charge < -0.3 is 5.11 Å². The maximum atomic E-state index is 13.6. The molecule has 0 aliphatic heterocycles. The molecule has 19 heavy (non-hydrogen) atoms. The molecule has 1 atom stereocenters. The highest BCUT2D eigenvalue weighted by Crippen LogP contribution is 2.26. The molecule has 0 fully saturated rings. The van der Waals surface area contributed by atoms with Crippen LogP contribution < -0.4 is 0 Å². The van der Waals surface area contributed by atoms with Crippen molar-refractivity contribution in [3.63, 3.8) is 0 Å². The number of rotatable bonds is 3. The monoisotopic (exact) mass is 346 g/mol. The minimum atomic E-state index is -1.03. The fourth-order valence-corrected chi connectivity index (χ4v) is 2.38. The van der Waals surface area contributed by atoms with Crippen LogP contribution >= 0.6 is 27.5 Å². The Morgan fingerprint density at radius 2 is 1.79 bits per heavy atom. The number of hydrogen-bond donors (Lipinski definition) is 1. The molecule has 0 aliphatic carbocycles. The van der Waals surface area contributed by atoms with Crippen LogP contribution in [0.5, 0.6) is 0 Å². The van der Waals surface area contributed by atoms with Gasteiger partial charge in [0.25, 0.3) is 0 Å². The molecule has 0 amide bonds. The minimum absolute atomic E-state index is 0.132. The first-order chi connectivity index (χ1) is 8.97. The van der Waals surface area contributed by atoms with Crippen molar-refractivity contribution in [2.24, 2.45) is 0 Å². The third kappa shape index (κ3) is 3.53. The molecule has 1 nitrogen and oxygen atoms in total. The van der Waals surface area contributed by atoms with Crippen LogP contribution in [0.4, 0.5) is 8.78 Å². The lowest BCUT2D eigenvalue weighted by Gasteiger charge is -2.13. The standard InChI is InChI=1S/C14H10BrClF2O/c15-11-5-8(1-3-13(11)18)6-14(19)10-7-9(16)2-4-12(10)17/h1-5,7,14,19H,6H2. The number of benzene rings is 2. The zero-order chi connectivity index (χ0) is 14.0. The molecule has 0 bridgehead atoms. The van der Waals surface area contributed by atoms with Crippen LogP contribution in [0.2, 0.25) is 5.02 Å². The summed E-state index contributed by atoms with van der Waals surface area (Å²) in [5, 5.41) is 10.4. The Balaban J connectivity index is 2.22. The third-order valence-electron chi connectivity index (χ3n) is 2.73. The Bertz CT molecular complexity index is 604. The molecular weight excluding hydrogens is 338 g/mol. The molecule has 2 rings (SSSR count). The second kappa shape index (κ2) is 5.99. The molecule has 100 valence electrons. The van der Waals surface area contributed by atoms with Crippen LogP contribution in [-0.4, -0.2) is 5.11 Å². The normalized spacial score (nSPS) is 12.5. The van der Waals surface area contributed by atoms with E-state index in [1.807, 2.05) is 0 Å². The molecule has 1 unspecified atom stereocenters. The molecule has 1 N–H and O–H groups in total. The molecule has 0 saturated heterocycles. The highest BCUT2D eigenvalue weighted by molar-refractivity contribution is 9.10. The quantitative estimate of drug-likeness (QED) is 0.856. The van der Waals surface area contributed by atoms with Crippen molar-refractivity contribution in [1.29, 1.82) is 0 Å². The number of hydrogen-bond acceptors (Lipinski definition) is 1. The van der Waals surface area contributed by atoms with Crippen LogP contribution in [0, 0.1) is 11.6 Å². The first kappa shape index (κ1) is 14.4. The van der Waals surface area contributed by atoms with E-state index in [-0.39, 0.29) is 17.8 Å². The van der Waals surface area contributed by atoms with Crippen LogP contribution in [0.25, 0.3) is 0 Å². The van der Waals surface area contributed by atoms with E-state index >= 15 is 0 Å². The minimum Gasteiger partial charge on any atom is -0.388 e. The van der Waals surface area contributed by atoms with Gasteiger partial charge in [-0.25, -0.2) is 8.78 Å². The van der Waals surface area contributed by atoms with Crippen LogP contribution in [-0.2, 0) is 6.42 Å². The smallest absolute Gasteiger partial charge is 0.137 e. The maximum Gasteiger partial charge on any atom is 0.137 e. The molecule has 2 aromatic carbocycles. The van der Waals surface area contributed by atoms with E-state index in [1.165, 1.54) is 24.3 Å². The lowest BCUT2D eigenvalue weighted by molar-refractivity contribution is 0.173. The summed E-state index contributed by atoms with van der Waals surface area (Å²) >= 11 is 8.84. The Morgan fingerprint density at radius 1 is 1.11 bits per heavy atom. The van der Waals surface area contributed by atoms with E-state index in [4.69, 9.17) is 11.6 Å². The van der Waals surface area contributed by atoms with E-state index in [0.717, 1.165) is 0 Å². The predicted octanol–water partition coefficient (Wildman–Crippen LogP) is 4.66. The van der Waals surface area contributed by atoms with Gasteiger partial charge in [-0.15, -0.1) is 0 Å². The van der Waals surface area contributed by atoms with E-state index in [0.29, 0.717) is 15.1 Å². The molecule has 0 radical (unpaired) electrons. The largest absolute Gasteiger partial charge is 0.388 e. The lowest BCUT2D eigenvalue weighted by atomic mass is 10.0.